The summed E-state index contributed by atoms with van der Waals surface area (Å²) in [6, 6.07) is 6.73. The van der Waals surface area contributed by atoms with Gasteiger partial charge in [0.1, 0.15) is 30.2 Å². The quantitative estimate of drug-likeness (QED) is 0.156. The van der Waals surface area contributed by atoms with Crippen molar-refractivity contribution in [3.8, 4) is 24.1 Å². The summed E-state index contributed by atoms with van der Waals surface area (Å²) >= 11 is 0. The van der Waals surface area contributed by atoms with Crippen LogP contribution in [0.4, 0.5) is 14.6 Å². The fourth-order valence-corrected chi connectivity index (χ4v) is 9.19. The third kappa shape index (κ3) is 7.33. The summed E-state index contributed by atoms with van der Waals surface area (Å²) in [5.74, 6) is 2.55. The summed E-state index contributed by atoms with van der Waals surface area (Å²) < 4.78 is 42.1. The number of hydrogen-bond acceptors (Lipinski definition) is 8. The van der Waals surface area contributed by atoms with Crippen LogP contribution >= 0.6 is 0 Å². The smallest absolute Gasteiger partial charge is 0.318 e. The molecule has 3 atom stereocenters. The standard InChI is InChI=1S/C41H49F2N5O4/c1-4-31-34(43)11-9-27-18-30(49)20-33(37(27)31)26-8-10-32-35(19-26)46-39(47-38(32)45-24-41(14-6-7-15-41)23-44-36(50)5-2)52-25-40(3)21-28(42)22-48(40)29-12-16-51-17-13-29/h1,5,9,11,18,20,26,28-29,49H,2,6-8,10,12-17,19,21-25H2,3H3,(H,44,50)(H,45,46,47)/t26-,28-,40+/m1/s1. The Morgan fingerprint density at radius 2 is 2.00 bits per heavy atom. The molecule has 2 aliphatic carbocycles. The molecule has 2 aromatic carbocycles. The number of anilines is 1. The first-order chi connectivity index (χ1) is 25.1. The number of aromatic hydroxyl groups is 1. The van der Waals surface area contributed by atoms with Gasteiger partial charge in [-0.3, -0.25) is 9.69 Å². The van der Waals surface area contributed by atoms with Gasteiger partial charge in [0, 0.05) is 61.7 Å². The molecule has 0 radical (unpaired) electrons. The van der Waals surface area contributed by atoms with Gasteiger partial charge in [0.05, 0.1) is 16.8 Å². The van der Waals surface area contributed by atoms with Gasteiger partial charge in [-0.05, 0) is 93.0 Å². The molecule has 0 unspecified atom stereocenters. The van der Waals surface area contributed by atoms with E-state index >= 15 is 4.39 Å². The third-order valence-corrected chi connectivity index (χ3v) is 11.9. The minimum absolute atomic E-state index is 0.0902. The van der Waals surface area contributed by atoms with Crippen molar-refractivity contribution in [3.05, 3.63) is 65.1 Å². The number of nitrogens with one attached hydrogen (secondary N) is 2. The summed E-state index contributed by atoms with van der Waals surface area (Å²) in [5, 5.41) is 18.7. The number of ether oxygens (including phenoxy) is 2. The van der Waals surface area contributed by atoms with Crippen molar-refractivity contribution in [3.63, 3.8) is 0 Å². The molecule has 0 bridgehead atoms. The molecule has 4 aliphatic rings. The Hall–Kier alpha value is -4.27. The van der Waals surface area contributed by atoms with Crippen LogP contribution in [0.5, 0.6) is 11.8 Å². The number of fused-ring (bicyclic) bond motifs is 2. The van der Waals surface area contributed by atoms with Gasteiger partial charge in [-0.2, -0.15) is 9.97 Å². The van der Waals surface area contributed by atoms with Crippen LogP contribution in [-0.4, -0.2) is 83.1 Å². The number of alkyl halides is 1. The van der Waals surface area contributed by atoms with E-state index in [4.69, 9.17) is 25.9 Å². The van der Waals surface area contributed by atoms with Crippen LogP contribution in [0.3, 0.4) is 0 Å². The molecule has 11 heteroatoms. The van der Waals surface area contributed by atoms with Crippen molar-refractivity contribution in [1.82, 2.24) is 20.2 Å². The number of nitrogens with zero attached hydrogens (tertiary/aromatic N) is 3. The number of halogens is 2. The Kier molecular flexibility index (Phi) is 10.4. The lowest BCUT2D eigenvalue weighted by Gasteiger charge is -2.41. The van der Waals surface area contributed by atoms with Gasteiger partial charge in [0.15, 0.2) is 0 Å². The number of carbonyl (C=O) groups is 1. The molecule has 1 amide bonds. The van der Waals surface area contributed by atoms with Gasteiger partial charge >= 0.3 is 6.01 Å². The number of benzene rings is 2. The second-order valence-electron chi connectivity index (χ2n) is 15.5. The molecule has 1 saturated carbocycles. The highest BCUT2D eigenvalue weighted by atomic mass is 19.1. The van der Waals surface area contributed by atoms with Crippen LogP contribution in [-0.2, 0) is 22.4 Å². The van der Waals surface area contributed by atoms with Crippen LogP contribution in [0.2, 0.25) is 0 Å². The summed E-state index contributed by atoms with van der Waals surface area (Å²) in [4.78, 5) is 24.3. The maximum Gasteiger partial charge on any atom is 0.318 e. The molecule has 276 valence electrons. The molecule has 2 aliphatic heterocycles. The van der Waals surface area contributed by atoms with Crippen molar-refractivity contribution in [2.45, 2.75) is 94.8 Å². The second-order valence-corrected chi connectivity index (χ2v) is 15.5. The maximum absolute atomic E-state index is 15.0. The van der Waals surface area contributed by atoms with Gasteiger partial charge < -0.3 is 25.2 Å². The van der Waals surface area contributed by atoms with Crippen LogP contribution in [0.25, 0.3) is 10.8 Å². The van der Waals surface area contributed by atoms with E-state index in [9.17, 15) is 14.3 Å². The van der Waals surface area contributed by atoms with Gasteiger partial charge in [0.2, 0.25) is 5.91 Å². The van der Waals surface area contributed by atoms with Crippen molar-refractivity contribution < 1.29 is 28.2 Å². The molecule has 3 fully saturated rings. The Bertz CT molecular complexity index is 1870. The summed E-state index contributed by atoms with van der Waals surface area (Å²) in [6.45, 7) is 8.74. The number of phenolic OH excluding ortho intramolecular Hbond substituents is 1. The second kappa shape index (κ2) is 15.0. The summed E-state index contributed by atoms with van der Waals surface area (Å²) in [6.07, 6.45) is 14.2. The van der Waals surface area contributed by atoms with E-state index in [-0.39, 0.29) is 47.2 Å². The van der Waals surface area contributed by atoms with E-state index < -0.39 is 17.5 Å². The predicted molar refractivity (Wildman–Crippen MR) is 197 cm³/mol. The molecule has 7 rings (SSSR count). The van der Waals surface area contributed by atoms with Gasteiger partial charge in [0.25, 0.3) is 0 Å². The third-order valence-electron chi connectivity index (χ3n) is 11.9. The number of hydrogen-bond donors (Lipinski definition) is 3. The lowest BCUT2D eigenvalue weighted by Crippen LogP contribution is -2.52. The highest BCUT2D eigenvalue weighted by Crippen LogP contribution is 2.43. The van der Waals surface area contributed by atoms with E-state index in [1.807, 2.05) is 0 Å². The Morgan fingerprint density at radius 3 is 2.75 bits per heavy atom. The van der Waals surface area contributed by atoms with Crippen molar-refractivity contribution >= 4 is 22.5 Å². The van der Waals surface area contributed by atoms with Crippen LogP contribution in [0.15, 0.2) is 36.9 Å². The normalized spacial score (nSPS) is 24.7. The number of phenols is 1. The highest BCUT2D eigenvalue weighted by molar-refractivity contribution is 5.93. The number of carbonyl (C=O) groups excluding carboxylic acids is 1. The van der Waals surface area contributed by atoms with Crippen molar-refractivity contribution in [2.24, 2.45) is 5.41 Å². The van der Waals surface area contributed by atoms with E-state index in [1.165, 1.54) is 12.1 Å². The Balaban J connectivity index is 1.21. The van der Waals surface area contributed by atoms with Crippen LogP contribution < -0.4 is 15.4 Å². The van der Waals surface area contributed by atoms with Crippen molar-refractivity contribution in [2.75, 3.05) is 44.8 Å². The highest BCUT2D eigenvalue weighted by Gasteiger charge is 2.46. The fourth-order valence-electron chi connectivity index (χ4n) is 9.19. The monoisotopic (exact) mass is 713 g/mol. The fraction of sp³-hybridized carbons (Fsp3) is 0.537. The molecule has 0 spiro atoms. The molecule has 9 nitrogen and oxygen atoms in total. The number of rotatable bonds is 11. The average molecular weight is 714 g/mol. The first-order valence-electron chi connectivity index (χ1n) is 18.7. The van der Waals surface area contributed by atoms with Crippen LogP contribution in [0, 0.1) is 23.6 Å². The minimum Gasteiger partial charge on any atom is -0.508 e. The topological polar surface area (TPSA) is 109 Å². The molecule has 3 heterocycles. The largest absolute Gasteiger partial charge is 0.508 e. The SMILES string of the molecule is C#Cc1c(F)ccc2cc(O)cc([C@@H]3CCc4c(nc(OC[C@]5(C)C[C@@H](F)CN5C5CCOCC5)nc4NCC4(CNC(=O)C=C)CCCC4)C3)c12. The van der Waals surface area contributed by atoms with Gasteiger partial charge in [-0.25, -0.2) is 8.78 Å². The molecule has 1 aromatic heterocycles. The zero-order chi connectivity index (χ0) is 36.5. The van der Waals surface area contributed by atoms with E-state index in [1.54, 1.807) is 18.2 Å². The number of aromatic nitrogens is 2. The number of amides is 1. The molecule has 2 saturated heterocycles. The Labute approximate surface area is 304 Å². The zero-order valence-electron chi connectivity index (χ0n) is 30.0. The molecule has 3 N–H and O–H groups in total. The first kappa shape index (κ1) is 36.1. The minimum atomic E-state index is -0.946. The summed E-state index contributed by atoms with van der Waals surface area (Å²) in [7, 11) is 0. The zero-order valence-corrected chi connectivity index (χ0v) is 30.0. The first-order valence-corrected chi connectivity index (χ1v) is 18.7. The lowest BCUT2D eigenvalue weighted by atomic mass is 9.79. The number of likely N-dealkylation sites (tertiary alicyclic amines) is 1. The van der Waals surface area contributed by atoms with Gasteiger partial charge in [-0.15, -0.1) is 6.42 Å². The Morgan fingerprint density at radius 1 is 1.21 bits per heavy atom. The predicted octanol–water partition coefficient (Wildman–Crippen LogP) is 6.36. The number of terminal acetylenes is 1. The molecular weight excluding hydrogens is 664 g/mol. The van der Waals surface area contributed by atoms with E-state index in [0.717, 1.165) is 55.3 Å². The lowest BCUT2D eigenvalue weighted by molar-refractivity contribution is -0.116. The summed E-state index contributed by atoms with van der Waals surface area (Å²) in [5.41, 5.74) is 2.08. The maximum atomic E-state index is 15.0. The van der Waals surface area contributed by atoms with Gasteiger partial charge in [-0.1, -0.05) is 31.4 Å². The average Bonchev–Trinajstić information content (AvgIpc) is 3.75. The molecule has 52 heavy (non-hydrogen) atoms. The van der Waals surface area contributed by atoms with Crippen LogP contribution in [0.1, 0.15) is 86.6 Å². The van der Waals surface area contributed by atoms with E-state index in [2.05, 4.69) is 35.0 Å². The van der Waals surface area contributed by atoms with E-state index in [0.29, 0.717) is 75.1 Å². The molecule has 3 aromatic rings. The van der Waals surface area contributed by atoms with Crippen molar-refractivity contribution in [1.29, 1.82) is 0 Å². The molecular formula is C41H49F2N5O4.